The number of benzene rings is 4. The number of rotatable bonds is 9. The van der Waals surface area contributed by atoms with Crippen LogP contribution in [0.4, 0.5) is 15.8 Å². The molecule has 0 radical (unpaired) electrons. The number of hydrogen-bond donors (Lipinski definition) is 3. The molecule has 0 aliphatic carbocycles. The van der Waals surface area contributed by atoms with Crippen LogP contribution in [-0.4, -0.2) is 23.5 Å². The van der Waals surface area contributed by atoms with Crippen molar-refractivity contribution in [1.82, 2.24) is 5.32 Å². The zero-order valence-electron chi connectivity index (χ0n) is 21.4. The molecule has 40 heavy (non-hydrogen) atoms. The van der Waals surface area contributed by atoms with Crippen molar-refractivity contribution < 1.29 is 18.8 Å². The number of aryl methyl sites for hydroxylation is 1. The lowest BCUT2D eigenvalue weighted by Crippen LogP contribution is -2.30. The summed E-state index contributed by atoms with van der Waals surface area (Å²) < 4.78 is 13.4. The molecule has 0 aromatic heterocycles. The van der Waals surface area contributed by atoms with Crippen LogP contribution >= 0.6 is 23.4 Å². The fourth-order valence-electron chi connectivity index (χ4n) is 3.59. The minimum absolute atomic E-state index is 0.0187. The Labute approximate surface area is 240 Å². The van der Waals surface area contributed by atoms with E-state index in [1.54, 1.807) is 60.7 Å². The second-order valence-corrected chi connectivity index (χ2v) is 10.2. The van der Waals surface area contributed by atoms with Crippen LogP contribution < -0.4 is 16.0 Å². The van der Waals surface area contributed by atoms with Gasteiger partial charge in [-0.15, -0.1) is 11.8 Å². The van der Waals surface area contributed by atoms with E-state index in [2.05, 4.69) is 16.0 Å². The average Bonchev–Trinajstić information content (AvgIpc) is 2.95. The number of amides is 3. The summed E-state index contributed by atoms with van der Waals surface area (Å²) in [6, 6.07) is 26.3. The van der Waals surface area contributed by atoms with Gasteiger partial charge < -0.3 is 16.0 Å². The van der Waals surface area contributed by atoms with E-state index in [0.29, 0.717) is 27.5 Å². The van der Waals surface area contributed by atoms with Crippen LogP contribution in [0.5, 0.6) is 0 Å². The summed E-state index contributed by atoms with van der Waals surface area (Å²) in [7, 11) is 0. The Morgan fingerprint density at radius 3 is 2.38 bits per heavy atom. The van der Waals surface area contributed by atoms with Gasteiger partial charge in [0.25, 0.3) is 11.8 Å². The molecule has 0 bridgehead atoms. The molecule has 0 aliphatic rings. The maximum Gasteiger partial charge on any atom is 0.272 e. The number of hydrogen-bond acceptors (Lipinski definition) is 4. The summed E-state index contributed by atoms with van der Waals surface area (Å²) in [5.74, 6) is -1.49. The van der Waals surface area contributed by atoms with Gasteiger partial charge in [-0.05, 0) is 78.7 Å². The molecule has 3 amide bonds. The average molecular weight is 574 g/mol. The predicted octanol–water partition coefficient (Wildman–Crippen LogP) is 6.93. The van der Waals surface area contributed by atoms with E-state index in [4.69, 9.17) is 11.6 Å². The summed E-state index contributed by atoms with van der Waals surface area (Å²) in [4.78, 5) is 39.3. The van der Waals surface area contributed by atoms with E-state index in [0.717, 1.165) is 10.5 Å². The Balaban J connectivity index is 1.45. The molecule has 4 aromatic carbocycles. The Bertz CT molecular complexity index is 1560. The van der Waals surface area contributed by atoms with Crippen molar-refractivity contribution in [2.75, 3.05) is 16.4 Å². The summed E-state index contributed by atoms with van der Waals surface area (Å²) in [5, 5.41) is 8.83. The highest BCUT2D eigenvalue weighted by Crippen LogP contribution is 2.24. The van der Waals surface area contributed by atoms with Crippen LogP contribution in [-0.2, 0) is 9.59 Å². The smallest absolute Gasteiger partial charge is 0.272 e. The fraction of sp³-hybridized carbons (Fsp3) is 0.0645. The van der Waals surface area contributed by atoms with Crippen molar-refractivity contribution in [1.29, 1.82) is 0 Å². The maximum absolute atomic E-state index is 13.4. The van der Waals surface area contributed by atoms with Gasteiger partial charge in [0.2, 0.25) is 5.91 Å². The molecular weight excluding hydrogens is 549 g/mol. The Morgan fingerprint density at radius 2 is 1.62 bits per heavy atom. The quantitative estimate of drug-likeness (QED) is 0.150. The Morgan fingerprint density at radius 1 is 0.875 bits per heavy atom. The van der Waals surface area contributed by atoms with Crippen molar-refractivity contribution in [3.05, 3.63) is 130 Å². The van der Waals surface area contributed by atoms with Crippen LogP contribution in [0.15, 0.2) is 108 Å². The molecule has 0 heterocycles. The normalized spacial score (nSPS) is 11.0. The number of carbonyl (C=O) groups excluding carboxylic acids is 3. The van der Waals surface area contributed by atoms with E-state index < -0.39 is 17.6 Å². The minimum Gasteiger partial charge on any atom is -0.325 e. The van der Waals surface area contributed by atoms with Crippen LogP contribution in [0.2, 0.25) is 5.02 Å². The van der Waals surface area contributed by atoms with Crippen LogP contribution in [0, 0.1) is 12.7 Å². The van der Waals surface area contributed by atoms with E-state index in [-0.39, 0.29) is 17.4 Å². The first-order valence-electron chi connectivity index (χ1n) is 12.2. The highest BCUT2D eigenvalue weighted by Gasteiger charge is 2.16. The SMILES string of the molecule is Cc1ccc(Cl)cc1NC(=O)CSc1cccc(NC(=O)/C(=C\c2ccc(F)cc2)NC(=O)c2ccccc2)c1. The molecule has 6 nitrogen and oxygen atoms in total. The van der Waals surface area contributed by atoms with Crippen LogP contribution in [0.1, 0.15) is 21.5 Å². The molecule has 0 saturated heterocycles. The molecule has 0 spiro atoms. The molecule has 4 aromatic rings. The third-order valence-corrected chi connectivity index (χ3v) is 6.87. The summed E-state index contributed by atoms with van der Waals surface area (Å²) in [6.07, 6.45) is 1.47. The lowest BCUT2D eigenvalue weighted by molar-refractivity contribution is -0.114. The van der Waals surface area contributed by atoms with E-state index >= 15 is 0 Å². The number of thioether (sulfide) groups is 1. The van der Waals surface area contributed by atoms with Gasteiger partial charge in [-0.3, -0.25) is 14.4 Å². The lowest BCUT2D eigenvalue weighted by atomic mass is 10.1. The first-order valence-corrected chi connectivity index (χ1v) is 13.6. The van der Waals surface area contributed by atoms with Crippen LogP contribution in [0.25, 0.3) is 6.08 Å². The van der Waals surface area contributed by atoms with Gasteiger partial charge >= 0.3 is 0 Å². The van der Waals surface area contributed by atoms with Gasteiger partial charge in [-0.25, -0.2) is 4.39 Å². The first-order chi connectivity index (χ1) is 19.3. The molecule has 0 unspecified atom stereocenters. The predicted molar refractivity (Wildman–Crippen MR) is 159 cm³/mol. The van der Waals surface area contributed by atoms with Crippen molar-refractivity contribution in [3.8, 4) is 0 Å². The van der Waals surface area contributed by atoms with E-state index in [1.807, 2.05) is 19.1 Å². The van der Waals surface area contributed by atoms with Gasteiger partial charge in [0, 0.05) is 26.9 Å². The van der Waals surface area contributed by atoms with Crippen molar-refractivity contribution in [2.24, 2.45) is 0 Å². The molecule has 0 saturated carbocycles. The molecular formula is C31H25ClFN3O3S. The lowest BCUT2D eigenvalue weighted by Gasteiger charge is -2.12. The number of halogens is 2. The minimum atomic E-state index is -0.565. The summed E-state index contributed by atoms with van der Waals surface area (Å²) in [6.45, 7) is 1.88. The second-order valence-electron chi connectivity index (χ2n) is 8.71. The second kappa shape index (κ2) is 13.6. The number of anilines is 2. The van der Waals surface area contributed by atoms with Gasteiger partial charge in [0.05, 0.1) is 5.75 Å². The van der Waals surface area contributed by atoms with Gasteiger partial charge in [0.1, 0.15) is 11.5 Å². The van der Waals surface area contributed by atoms with Crippen molar-refractivity contribution in [2.45, 2.75) is 11.8 Å². The highest BCUT2D eigenvalue weighted by molar-refractivity contribution is 8.00. The Hall–Kier alpha value is -4.40. The maximum atomic E-state index is 13.4. The van der Waals surface area contributed by atoms with E-state index in [1.165, 1.54) is 42.1 Å². The number of carbonyl (C=O) groups is 3. The van der Waals surface area contributed by atoms with Crippen LogP contribution in [0.3, 0.4) is 0 Å². The molecule has 0 atom stereocenters. The zero-order valence-corrected chi connectivity index (χ0v) is 23.0. The van der Waals surface area contributed by atoms with Gasteiger partial charge in [-0.1, -0.05) is 54.1 Å². The molecule has 4 rings (SSSR count). The highest BCUT2D eigenvalue weighted by atomic mass is 35.5. The standard InChI is InChI=1S/C31H25ClFN3O3S/c1-20-10-13-23(32)17-27(20)35-29(37)19-40-26-9-5-8-25(18-26)34-31(39)28(16-21-11-14-24(33)15-12-21)36-30(38)22-6-3-2-4-7-22/h2-18H,19H2,1H3,(H,34,39)(H,35,37)(H,36,38)/b28-16+. The third-order valence-electron chi connectivity index (χ3n) is 5.65. The van der Waals surface area contributed by atoms with Crippen molar-refractivity contribution >= 4 is 58.5 Å². The third kappa shape index (κ3) is 8.30. The topological polar surface area (TPSA) is 87.3 Å². The molecule has 0 fully saturated rings. The molecule has 202 valence electrons. The van der Waals surface area contributed by atoms with Crippen molar-refractivity contribution in [3.63, 3.8) is 0 Å². The zero-order chi connectivity index (χ0) is 28.5. The van der Waals surface area contributed by atoms with Gasteiger partial charge in [-0.2, -0.15) is 0 Å². The van der Waals surface area contributed by atoms with Gasteiger partial charge in [0.15, 0.2) is 0 Å². The molecule has 3 N–H and O–H groups in total. The monoisotopic (exact) mass is 573 g/mol. The largest absolute Gasteiger partial charge is 0.325 e. The fourth-order valence-corrected chi connectivity index (χ4v) is 4.52. The van der Waals surface area contributed by atoms with E-state index in [9.17, 15) is 18.8 Å². The number of nitrogens with one attached hydrogen (secondary N) is 3. The summed E-state index contributed by atoms with van der Waals surface area (Å²) in [5.41, 5.74) is 2.92. The Kier molecular flexibility index (Phi) is 9.72. The molecule has 9 heteroatoms. The molecule has 0 aliphatic heterocycles. The first kappa shape index (κ1) is 28.6. The summed E-state index contributed by atoms with van der Waals surface area (Å²) >= 11 is 7.33.